The van der Waals surface area contributed by atoms with E-state index in [1.807, 2.05) is 30.5 Å². The van der Waals surface area contributed by atoms with Gasteiger partial charge in [-0.15, -0.1) is 0 Å². The van der Waals surface area contributed by atoms with Crippen molar-refractivity contribution in [1.29, 1.82) is 0 Å². The van der Waals surface area contributed by atoms with E-state index >= 15 is 0 Å². The Hall–Kier alpha value is -2.02. The van der Waals surface area contributed by atoms with Gasteiger partial charge in [0.05, 0.1) is 11.8 Å². The Balaban J connectivity index is 1.47. The van der Waals surface area contributed by atoms with Crippen LogP contribution in [0.25, 0.3) is 0 Å². The number of benzene rings is 1. The van der Waals surface area contributed by atoms with Gasteiger partial charge in [-0.3, -0.25) is 19.3 Å². The lowest BCUT2D eigenvalue weighted by Crippen LogP contribution is -2.48. The van der Waals surface area contributed by atoms with E-state index in [2.05, 4.69) is 10.2 Å². The van der Waals surface area contributed by atoms with E-state index in [4.69, 9.17) is 0 Å². The predicted molar refractivity (Wildman–Crippen MR) is 125 cm³/mol. The van der Waals surface area contributed by atoms with Crippen LogP contribution < -0.4 is 10.2 Å². The molecule has 0 spiro atoms. The summed E-state index contributed by atoms with van der Waals surface area (Å²) in [7, 11) is 0. The maximum atomic E-state index is 13.2. The van der Waals surface area contributed by atoms with E-state index in [0.717, 1.165) is 44.5 Å². The zero-order valence-corrected chi connectivity index (χ0v) is 19.2. The zero-order chi connectivity index (χ0) is 21.8. The second kappa shape index (κ2) is 10.1. The lowest BCUT2D eigenvalue weighted by Gasteiger charge is -2.29. The summed E-state index contributed by atoms with van der Waals surface area (Å²) >= 11 is 1.62. The number of hydrogen-bond donors (Lipinski definition) is 1. The SMILES string of the molecule is CSCC[C@@H](C(=O)Nc1ccc(N2CCCCC2)cc1)N1C(=O)[C@H]2CCCC[C@H]2C1=O. The van der Waals surface area contributed by atoms with E-state index in [0.29, 0.717) is 12.1 Å². The van der Waals surface area contributed by atoms with Gasteiger partial charge in [-0.05, 0) is 74.8 Å². The molecule has 1 saturated carbocycles. The molecule has 1 aromatic rings. The second-order valence-corrected chi connectivity index (χ2v) is 9.91. The molecule has 0 aromatic heterocycles. The molecule has 3 atom stereocenters. The summed E-state index contributed by atoms with van der Waals surface area (Å²) in [5.41, 5.74) is 1.88. The fourth-order valence-electron chi connectivity index (χ4n) is 5.24. The Morgan fingerprint density at radius 1 is 1.00 bits per heavy atom. The molecular weight excluding hydrogens is 410 g/mol. The molecule has 0 radical (unpaired) electrons. The third-order valence-corrected chi connectivity index (χ3v) is 7.58. The van der Waals surface area contributed by atoms with Crippen molar-refractivity contribution in [1.82, 2.24) is 4.90 Å². The monoisotopic (exact) mass is 443 g/mol. The first-order chi connectivity index (χ1) is 15.1. The average molecular weight is 444 g/mol. The van der Waals surface area contributed by atoms with E-state index in [1.54, 1.807) is 11.8 Å². The Labute approximate surface area is 189 Å². The summed E-state index contributed by atoms with van der Waals surface area (Å²) in [6.45, 7) is 2.15. The van der Waals surface area contributed by atoms with Crippen molar-refractivity contribution in [3.8, 4) is 0 Å². The molecule has 3 aliphatic rings. The molecule has 1 aromatic carbocycles. The number of carbonyl (C=O) groups excluding carboxylic acids is 3. The van der Waals surface area contributed by atoms with Crippen molar-refractivity contribution >= 4 is 40.9 Å². The topological polar surface area (TPSA) is 69.7 Å². The van der Waals surface area contributed by atoms with Crippen LogP contribution in [0.3, 0.4) is 0 Å². The van der Waals surface area contributed by atoms with Gasteiger partial charge in [0.2, 0.25) is 17.7 Å². The molecule has 3 amide bonds. The van der Waals surface area contributed by atoms with Crippen LogP contribution >= 0.6 is 11.8 Å². The van der Waals surface area contributed by atoms with Crippen LogP contribution in [0, 0.1) is 11.8 Å². The van der Waals surface area contributed by atoms with Gasteiger partial charge >= 0.3 is 0 Å². The van der Waals surface area contributed by atoms with E-state index in [-0.39, 0.29) is 29.6 Å². The van der Waals surface area contributed by atoms with Crippen molar-refractivity contribution in [3.05, 3.63) is 24.3 Å². The second-order valence-electron chi connectivity index (χ2n) is 8.93. The van der Waals surface area contributed by atoms with Crippen molar-refractivity contribution < 1.29 is 14.4 Å². The molecular formula is C24H33N3O3S. The van der Waals surface area contributed by atoms with Crippen molar-refractivity contribution in [2.24, 2.45) is 11.8 Å². The molecule has 6 nitrogen and oxygen atoms in total. The highest BCUT2D eigenvalue weighted by molar-refractivity contribution is 7.98. The Morgan fingerprint density at radius 2 is 1.61 bits per heavy atom. The van der Waals surface area contributed by atoms with Gasteiger partial charge in [0, 0.05) is 24.5 Å². The fraction of sp³-hybridized carbons (Fsp3) is 0.625. The first-order valence-corrected chi connectivity index (χ1v) is 13.0. The van der Waals surface area contributed by atoms with Crippen molar-refractivity contribution in [3.63, 3.8) is 0 Å². The van der Waals surface area contributed by atoms with Gasteiger partial charge in [-0.25, -0.2) is 0 Å². The summed E-state index contributed by atoms with van der Waals surface area (Å²) < 4.78 is 0. The largest absolute Gasteiger partial charge is 0.372 e. The molecule has 7 heteroatoms. The normalized spacial score (nSPS) is 24.8. The maximum absolute atomic E-state index is 13.2. The Bertz CT molecular complexity index is 783. The molecule has 1 aliphatic carbocycles. The lowest BCUT2D eigenvalue weighted by atomic mass is 9.81. The minimum absolute atomic E-state index is 0.142. The number of imide groups is 1. The number of likely N-dealkylation sites (tertiary alicyclic amines) is 1. The van der Waals surface area contributed by atoms with Gasteiger partial charge in [-0.2, -0.15) is 11.8 Å². The summed E-state index contributed by atoms with van der Waals surface area (Å²) in [5, 5.41) is 2.97. The van der Waals surface area contributed by atoms with Crippen molar-refractivity contribution in [2.75, 3.05) is 35.3 Å². The predicted octanol–water partition coefficient (Wildman–Crippen LogP) is 3.91. The third kappa shape index (κ3) is 4.76. The Morgan fingerprint density at radius 3 is 2.19 bits per heavy atom. The molecule has 3 fully saturated rings. The van der Waals surface area contributed by atoms with Crippen LogP contribution in [-0.2, 0) is 14.4 Å². The first kappa shape index (κ1) is 22.2. The highest BCUT2D eigenvalue weighted by Gasteiger charge is 2.51. The lowest BCUT2D eigenvalue weighted by molar-refractivity contribution is -0.146. The standard InChI is InChI=1S/C24H33N3O3S/c1-31-16-13-21(27-23(29)19-7-3-4-8-20(19)24(27)30)22(28)25-17-9-11-18(12-10-17)26-14-5-2-6-15-26/h9-12,19-21H,2-8,13-16H2,1H3,(H,25,28)/t19-,20+,21-/m0/s1. The van der Waals surface area contributed by atoms with Gasteiger partial charge in [0.15, 0.2) is 0 Å². The van der Waals surface area contributed by atoms with Crippen LogP contribution in [0.15, 0.2) is 24.3 Å². The first-order valence-electron chi connectivity index (χ1n) is 11.6. The number of piperidine rings is 1. The zero-order valence-electron chi connectivity index (χ0n) is 18.3. The number of carbonyl (C=O) groups is 3. The number of thioether (sulfide) groups is 1. The maximum Gasteiger partial charge on any atom is 0.247 e. The third-order valence-electron chi connectivity index (χ3n) is 6.94. The van der Waals surface area contributed by atoms with Crippen LogP contribution in [0.4, 0.5) is 11.4 Å². The average Bonchev–Trinajstić information content (AvgIpc) is 3.06. The van der Waals surface area contributed by atoms with Gasteiger partial charge in [0.25, 0.3) is 0 Å². The minimum atomic E-state index is -0.736. The quantitative estimate of drug-likeness (QED) is 0.647. The number of nitrogens with one attached hydrogen (secondary N) is 1. The highest BCUT2D eigenvalue weighted by atomic mass is 32.2. The molecule has 0 unspecified atom stereocenters. The number of nitrogens with zero attached hydrogens (tertiary/aromatic N) is 2. The van der Waals surface area contributed by atoms with E-state index in [1.165, 1.54) is 29.8 Å². The number of fused-ring (bicyclic) bond motifs is 1. The van der Waals surface area contributed by atoms with Gasteiger partial charge in [0.1, 0.15) is 6.04 Å². The molecule has 168 valence electrons. The number of amides is 3. The van der Waals surface area contributed by atoms with E-state index < -0.39 is 6.04 Å². The molecule has 0 bridgehead atoms. The molecule has 31 heavy (non-hydrogen) atoms. The molecule has 2 heterocycles. The fourth-order valence-corrected chi connectivity index (χ4v) is 5.69. The molecule has 1 N–H and O–H groups in total. The van der Waals surface area contributed by atoms with Crippen LogP contribution in [-0.4, -0.2) is 53.8 Å². The summed E-state index contributed by atoms with van der Waals surface area (Å²) in [4.78, 5) is 43.0. The van der Waals surface area contributed by atoms with Gasteiger partial charge < -0.3 is 10.2 Å². The number of anilines is 2. The summed E-state index contributed by atoms with van der Waals surface area (Å²) in [6, 6.07) is 7.18. The summed E-state index contributed by atoms with van der Waals surface area (Å²) in [6.07, 6.45) is 9.68. The van der Waals surface area contributed by atoms with Crippen LogP contribution in [0.1, 0.15) is 51.4 Å². The van der Waals surface area contributed by atoms with E-state index in [9.17, 15) is 14.4 Å². The number of hydrogen-bond acceptors (Lipinski definition) is 5. The van der Waals surface area contributed by atoms with Gasteiger partial charge in [-0.1, -0.05) is 12.8 Å². The van der Waals surface area contributed by atoms with Crippen molar-refractivity contribution in [2.45, 2.75) is 57.4 Å². The summed E-state index contributed by atoms with van der Waals surface area (Å²) in [5.74, 6) is -0.282. The minimum Gasteiger partial charge on any atom is -0.372 e. The Kier molecular flexibility index (Phi) is 7.20. The van der Waals surface area contributed by atoms with Crippen LogP contribution in [0.5, 0.6) is 0 Å². The smallest absolute Gasteiger partial charge is 0.247 e. The van der Waals surface area contributed by atoms with Crippen LogP contribution in [0.2, 0.25) is 0 Å². The number of rotatable bonds is 7. The molecule has 2 saturated heterocycles. The molecule has 2 aliphatic heterocycles. The highest BCUT2D eigenvalue weighted by Crippen LogP contribution is 2.39. The molecule has 4 rings (SSSR count).